The lowest BCUT2D eigenvalue weighted by Gasteiger charge is -2.19. The van der Waals surface area contributed by atoms with Gasteiger partial charge in [-0.3, -0.25) is 0 Å². The molecule has 0 bridgehead atoms. The van der Waals surface area contributed by atoms with Crippen LogP contribution in [0.2, 0.25) is 0 Å². The molecule has 0 aliphatic heterocycles. The van der Waals surface area contributed by atoms with E-state index < -0.39 is 6.10 Å². The highest BCUT2D eigenvalue weighted by atomic mass is 16.4. The topological polar surface area (TPSA) is 94.7 Å². The van der Waals surface area contributed by atoms with Gasteiger partial charge in [0.15, 0.2) is 0 Å². The predicted octanol–water partition coefficient (Wildman–Crippen LogP) is 3.12. The van der Waals surface area contributed by atoms with Gasteiger partial charge in [0.2, 0.25) is 0 Å². The minimum Gasteiger partial charge on any atom is -0.508 e. The molecule has 0 spiro atoms. The van der Waals surface area contributed by atoms with Crippen molar-refractivity contribution in [3.05, 3.63) is 54.0 Å². The molecule has 6 heteroatoms. The lowest BCUT2D eigenvalue weighted by molar-refractivity contribution is 0.129. The van der Waals surface area contributed by atoms with Gasteiger partial charge in [0.1, 0.15) is 17.6 Å². The molecule has 3 unspecified atom stereocenters. The first-order chi connectivity index (χ1) is 11.9. The molecular weight excluding hydrogens is 320 g/mol. The number of phenolic OH excluding ortho intramolecular Hbond substituents is 1. The zero-order chi connectivity index (χ0) is 18.2. The van der Waals surface area contributed by atoms with Crippen LogP contribution in [-0.2, 0) is 6.42 Å². The normalized spacial score (nSPS) is 14.5. The molecule has 2 amide bonds. The highest BCUT2D eigenvalue weighted by Gasteiger charge is 2.17. The molecule has 0 fully saturated rings. The quantitative estimate of drug-likeness (QED) is 0.591. The number of phenols is 1. The fourth-order valence-corrected chi connectivity index (χ4v) is 2.60. The summed E-state index contributed by atoms with van der Waals surface area (Å²) in [4.78, 5) is 12.0. The summed E-state index contributed by atoms with van der Waals surface area (Å²) in [5.41, 5.74) is 1.11. The smallest absolute Gasteiger partial charge is 0.315 e. The van der Waals surface area contributed by atoms with Gasteiger partial charge in [-0.25, -0.2) is 4.79 Å². The molecule has 3 atom stereocenters. The number of carbonyl (C=O) groups excluding carboxylic acids is 1. The van der Waals surface area contributed by atoms with Crippen LogP contribution in [0.1, 0.15) is 44.1 Å². The number of benzene rings is 1. The summed E-state index contributed by atoms with van der Waals surface area (Å²) in [6.45, 7) is 3.79. The van der Waals surface area contributed by atoms with Crippen molar-refractivity contribution < 1.29 is 19.4 Å². The van der Waals surface area contributed by atoms with Gasteiger partial charge >= 0.3 is 6.03 Å². The van der Waals surface area contributed by atoms with Gasteiger partial charge in [0.25, 0.3) is 0 Å². The molecule has 0 radical (unpaired) electrons. The summed E-state index contributed by atoms with van der Waals surface area (Å²) in [5.74, 6) is 0.747. The Bertz CT molecular complexity index is 640. The van der Waals surface area contributed by atoms with Crippen molar-refractivity contribution in [3.8, 4) is 5.75 Å². The molecule has 0 saturated heterocycles. The van der Waals surface area contributed by atoms with Gasteiger partial charge in [-0.2, -0.15) is 0 Å². The number of hydrogen-bond acceptors (Lipinski definition) is 4. The maximum Gasteiger partial charge on any atom is 0.315 e. The molecule has 0 saturated carbocycles. The van der Waals surface area contributed by atoms with E-state index in [-0.39, 0.29) is 23.9 Å². The molecule has 136 valence electrons. The first-order valence-corrected chi connectivity index (χ1v) is 8.50. The molecule has 2 aromatic rings. The second kappa shape index (κ2) is 9.13. The summed E-state index contributed by atoms with van der Waals surface area (Å²) in [6.07, 6.45) is 2.76. The minimum atomic E-state index is -0.739. The number of rotatable bonds is 8. The van der Waals surface area contributed by atoms with Gasteiger partial charge in [0, 0.05) is 18.5 Å². The standard InChI is InChI=1S/C19H26N2O4/c1-13(5-6-15-7-9-16(22)10-8-15)20-19(24)21-14(2)12-17(23)18-4-3-11-25-18/h3-4,7-11,13-14,17,22-23H,5-6,12H2,1-2H3,(H2,20,21,24). The van der Waals surface area contributed by atoms with Crippen LogP contribution < -0.4 is 10.6 Å². The van der Waals surface area contributed by atoms with Crippen LogP contribution >= 0.6 is 0 Å². The third-order valence-electron chi connectivity index (χ3n) is 4.01. The lowest BCUT2D eigenvalue weighted by atomic mass is 10.1. The second-order valence-corrected chi connectivity index (χ2v) is 6.39. The van der Waals surface area contributed by atoms with Crippen molar-refractivity contribution in [1.82, 2.24) is 10.6 Å². The number of aryl methyl sites for hydroxylation is 1. The molecule has 0 aliphatic rings. The average molecular weight is 346 g/mol. The molecule has 25 heavy (non-hydrogen) atoms. The van der Waals surface area contributed by atoms with Crippen molar-refractivity contribution in [2.24, 2.45) is 0 Å². The van der Waals surface area contributed by atoms with E-state index in [1.54, 1.807) is 24.3 Å². The second-order valence-electron chi connectivity index (χ2n) is 6.39. The van der Waals surface area contributed by atoms with E-state index in [1.165, 1.54) is 6.26 Å². The van der Waals surface area contributed by atoms with Gasteiger partial charge in [-0.15, -0.1) is 0 Å². The summed E-state index contributed by atoms with van der Waals surface area (Å²) < 4.78 is 5.15. The average Bonchev–Trinajstić information content (AvgIpc) is 3.08. The summed E-state index contributed by atoms with van der Waals surface area (Å²) >= 11 is 0. The maximum atomic E-state index is 12.0. The third kappa shape index (κ3) is 6.51. The highest BCUT2D eigenvalue weighted by molar-refractivity contribution is 5.74. The zero-order valence-electron chi connectivity index (χ0n) is 14.6. The van der Waals surface area contributed by atoms with Crippen LogP contribution in [0.4, 0.5) is 4.79 Å². The Morgan fingerprint density at radius 1 is 1.12 bits per heavy atom. The van der Waals surface area contributed by atoms with Crippen molar-refractivity contribution in [2.75, 3.05) is 0 Å². The fourth-order valence-electron chi connectivity index (χ4n) is 2.60. The van der Waals surface area contributed by atoms with Crippen molar-refractivity contribution in [1.29, 1.82) is 0 Å². The number of aliphatic hydroxyl groups is 1. The Hall–Kier alpha value is -2.47. The Labute approximate surface area is 147 Å². The minimum absolute atomic E-state index is 0.0102. The van der Waals surface area contributed by atoms with Crippen LogP contribution in [0.5, 0.6) is 5.75 Å². The molecule has 4 N–H and O–H groups in total. The van der Waals surface area contributed by atoms with Gasteiger partial charge in [-0.1, -0.05) is 12.1 Å². The number of nitrogens with one attached hydrogen (secondary N) is 2. The zero-order valence-corrected chi connectivity index (χ0v) is 14.6. The van der Waals surface area contributed by atoms with E-state index in [4.69, 9.17) is 4.42 Å². The molecule has 1 heterocycles. The first kappa shape index (κ1) is 18.9. The Morgan fingerprint density at radius 2 is 1.80 bits per heavy atom. The van der Waals surface area contributed by atoms with Gasteiger partial charge in [0.05, 0.1) is 6.26 Å². The molecule has 0 aliphatic carbocycles. The van der Waals surface area contributed by atoms with E-state index in [0.717, 1.165) is 18.4 Å². The van der Waals surface area contributed by atoms with E-state index in [2.05, 4.69) is 10.6 Å². The van der Waals surface area contributed by atoms with Crippen molar-refractivity contribution >= 4 is 6.03 Å². The molecule has 1 aromatic heterocycles. The number of carbonyl (C=O) groups is 1. The fraction of sp³-hybridized carbons (Fsp3) is 0.421. The van der Waals surface area contributed by atoms with Gasteiger partial charge < -0.3 is 25.3 Å². The molecule has 6 nitrogen and oxygen atoms in total. The van der Waals surface area contributed by atoms with E-state index in [9.17, 15) is 15.0 Å². The number of furan rings is 1. The number of amides is 2. The van der Waals surface area contributed by atoms with Crippen molar-refractivity contribution in [2.45, 2.75) is 51.3 Å². The van der Waals surface area contributed by atoms with E-state index in [1.807, 2.05) is 26.0 Å². The van der Waals surface area contributed by atoms with Crippen LogP contribution in [0, 0.1) is 0 Å². The third-order valence-corrected chi connectivity index (χ3v) is 4.01. The Kier molecular flexibility index (Phi) is 6.89. The maximum absolute atomic E-state index is 12.0. The Balaban J connectivity index is 1.68. The van der Waals surface area contributed by atoms with Crippen LogP contribution in [0.3, 0.4) is 0 Å². The highest BCUT2D eigenvalue weighted by Crippen LogP contribution is 2.18. The number of aliphatic hydroxyl groups excluding tert-OH is 1. The first-order valence-electron chi connectivity index (χ1n) is 8.50. The molecule has 2 rings (SSSR count). The summed E-state index contributed by atoms with van der Waals surface area (Å²) in [6, 6.07) is 10.1. The lowest BCUT2D eigenvalue weighted by Crippen LogP contribution is -2.45. The Morgan fingerprint density at radius 3 is 2.44 bits per heavy atom. The van der Waals surface area contributed by atoms with Crippen LogP contribution in [-0.4, -0.2) is 28.3 Å². The number of hydrogen-bond donors (Lipinski definition) is 4. The summed E-state index contributed by atoms with van der Waals surface area (Å²) in [5, 5.41) is 25.0. The largest absolute Gasteiger partial charge is 0.508 e. The van der Waals surface area contributed by atoms with E-state index in [0.29, 0.717) is 12.2 Å². The number of urea groups is 1. The predicted molar refractivity (Wildman–Crippen MR) is 95.3 cm³/mol. The molecule has 1 aromatic carbocycles. The monoisotopic (exact) mass is 346 g/mol. The van der Waals surface area contributed by atoms with E-state index >= 15 is 0 Å². The number of aromatic hydroxyl groups is 1. The van der Waals surface area contributed by atoms with Crippen LogP contribution in [0.25, 0.3) is 0 Å². The van der Waals surface area contributed by atoms with Gasteiger partial charge in [-0.05, 0) is 56.5 Å². The SMILES string of the molecule is CC(CCc1ccc(O)cc1)NC(=O)NC(C)CC(O)c1ccco1. The summed E-state index contributed by atoms with van der Waals surface area (Å²) in [7, 11) is 0. The van der Waals surface area contributed by atoms with Crippen molar-refractivity contribution in [3.63, 3.8) is 0 Å². The molecular formula is C19H26N2O4. The van der Waals surface area contributed by atoms with Crippen LogP contribution in [0.15, 0.2) is 47.1 Å².